The van der Waals surface area contributed by atoms with Crippen molar-refractivity contribution in [3.63, 3.8) is 0 Å². The largest absolute Gasteiger partial charge is 0.466 e. The van der Waals surface area contributed by atoms with Crippen LogP contribution in [0.25, 0.3) is 0 Å². The van der Waals surface area contributed by atoms with Gasteiger partial charge in [-0.1, -0.05) is 0 Å². The van der Waals surface area contributed by atoms with Gasteiger partial charge in [0.2, 0.25) is 0 Å². The first kappa shape index (κ1) is 11.1. The number of ketones is 1. The first-order valence-electron chi connectivity index (χ1n) is 3.79. The fourth-order valence-electron chi connectivity index (χ4n) is 0.618. The first-order chi connectivity index (χ1) is 5.40. The van der Waals surface area contributed by atoms with Crippen LogP contribution in [-0.4, -0.2) is 29.1 Å². The third kappa shape index (κ3) is 3.48. The Morgan fingerprint density at radius 3 is 2.33 bits per heavy atom. The molecule has 0 aromatic carbocycles. The monoisotopic (exact) mass is 174 g/mol. The average Bonchev–Trinajstić information content (AvgIpc) is 1.85. The Hall–Kier alpha value is -0.900. The maximum atomic E-state index is 10.8. The highest BCUT2D eigenvalue weighted by atomic mass is 16.5. The number of hydrogen-bond acceptors (Lipinski definition) is 4. The van der Waals surface area contributed by atoms with E-state index < -0.39 is 17.4 Å². The van der Waals surface area contributed by atoms with E-state index in [0.29, 0.717) is 0 Å². The number of Topliss-reactive ketones (excluding diaryl/α,β-unsaturated/α-hetero) is 1. The smallest absolute Gasteiger partial charge is 0.309 e. The zero-order valence-corrected chi connectivity index (χ0v) is 7.59. The van der Waals surface area contributed by atoms with Crippen molar-refractivity contribution in [1.29, 1.82) is 0 Å². The lowest BCUT2D eigenvalue weighted by molar-refractivity contribution is -0.153. The molecular weight excluding hydrogens is 160 g/mol. The minimum atomic E-state index is -1.59. The van der Waals surface area contributed by atoms with Gasteiger partial charge in [0.25, 0.3) is 0 Å². The summed E-state index contributed by atoms with van der Waals surface area (Å²) in [6.07, 6.45) is -0.282. The van der Waals surface area contributed by atoms with Crippen LogP contribution in [0, 0.1) is 0 Å². The Balaban J connectivity index is 4.06. The van der Waals surface area contributed by atoms with Crippen LogP contribution in [0.4, 0.5) is 0 Å². The average molecular weight is 174 g/mol. The molecule has 1 unspecified atom stereocenters. The van der Waals surface area contributed by atoms with Gasteiger partial charge in [-0.3, -0.25) is 9.59 Å². The van der Waals surface area contributed by atoms with Crippen LogP contribution in [0.3, 0.4) is 0 Å². The second-order valence-electron chi connectivity index (χ2n) is 2.81. The van der Waals surface area contributed by atoms with E-state index in [-0.39, 0.29) is 13.0 Å². The number of esters is 1. The normalized spacial score (nSPS) is 15.0. The predicted octanol–water partition coefficient (Wildman–Crippen LogP) is 0.280. The summed E-state index contributed by atoms with van der Waals surface area (Å²) in [4.78, 5) is 21.6. The van der Waals surface area contributed by atoms with E-state index in [1.165, 1.54) is 13.8 Å². The van der Waals surface area contributed by atoms with Crippen molar-refractivity contribution < 1.29 is 19.4 Å². The van der Waals surface area contributed by atoms with Crippen LogP contribution in [0.1, 0.15) is 27.2 Å². The van der Waals surface area contributed by atoms with Crippen LogP contribution in [0.2, 0.25) is 0 Å². The first-order valence-corrected chi connectivity index (χ1v) is 3.79. The molecule has 4 nitrogen and oxygen atoms in total. The second-order valence-corrected chi connectivity index (χ2v) is 2.81. The molecule has 12 heavy (non-hydrogen) atoms. The Morgan fingerprint density at radius 1 is 1.50 bits per heavy atom. The third-order valence-electron chi connectivity index (χ3n) is 1.55. The number of ether oxygens (including phenoxy) is 1. The third-order valence-corrected chi connectivity index (χ3v) is 1.55. The Morgan fingerprint density at radius 2 is 2.00 bits per heavy atom. The van der Waals surface area contributed by atoms with E-state index in [1.54, 1.807) is 6.92 Å². The SMILES string of the molecule is CCOC(=O)CC(C)(O)C(C)=O. The standard InChI is InChI=1S/C8H14O4/c1-4-12-7(10)5-8(3,11)6(2)9/h11H,4-5H2,1-3H3. The molecule has 0 amide bonds. The molecule has 0 aliphatic heterocycles. The number of aliphatic hydroxyl groups is 1. The van der Waals surface area contributed by atoms with Crippen LogP contribution in [0.15, 0.2) is 0 Å². The van der Waals surface area contributed by atoms with E-state index in [1.807, 2.05) is 0 Å². The number of carbonyl (C=O) groups excluding carboxylic acids is 2. The van der Waals surface area contributed by atoms with Crippen molar-refractivity contribution in [2.75, 3.05) is 6.61 Å². The van der Waals surface area contributed by atoms with Crippen LogP contribution in [0.5, 0.6) is 0 Å². The molecule has 0 radical (unpaired) electrons. The predicted molar refractivity (Wildman–Crippen MR) is 42.6 cm³/mol. The molecular formula is C8H14O4. The summed E-state index contributed by atoms with van der Waals surface area (Å²) in [6, 6.07) is 0. The van der Waals surface area contributed by atoms with Gasteiger partial charge in [-0.05, 0) is 20.8 Å². The van der Waals surface area contributed by atoms with Crippen LogP contribution >= 0.6 is 0 Å². The maximum Gasteiger partial charge on any atom is 0.309 e. The van der Waals surface area contributed by atoms with Gasteiger partial charge in [-0.2, -0.15) is 0 Å². The molecule has 0 rings (SSSR count). The molecule has 1 atom stereocenters. The highest BCUT2D eigenvalue weighted by Gasteiger charge is 2.29. The summed E-state index contributed by atoms with van der Waals surface area (Å²) in [5.41, 5.74) is -1.59. The van der Waals surface area contributed by atoms with Crippen molar-refractivity contribution in [2.45, 2.75) is 32.8 Å². The van der Waals surface area contributed by atoms with Crippen molar-refractivity contribution >= 4 is 11.8 Å². The lowest BCUT2D eigenvalue weighted by atomic mass is 9.98. The molecule has 0 heterocycles. The molecule has 0 aromatic rings. The van der Waals surface area contributed by atoms with Gasteiger partial charge < -0.3 is 9.84 Å². The lowest BCUT2D eigenvalue weighted by Gasteiger charge is -2.17. The molecule has 4 heteroatoms. The second kappa shape index (κ2) is 4.21. The molecule has 0 bridgehead atoms. The van der Waals surface area contributed by atoms with E-state index in [0.717, 1.165) is 0 Å². The molecule has 0 saturated carbocycles. The van der Waals surface area contributed by atoms with Gasteiger partial charge in [0.15, 0.2) is 5.78 Å². The number of hydrogen-bond donors (Lipinski definition) is 1. The Bertz CT molecular complexity index is 183. The molecule has 0 aliphatic carbocycles. The van der Waals surface area contributed by atoms with E-state index >= 15 is 0 Å². The van der Waals surface area contributed by atoms with Gasteiger partial charge in [0, 0.05) is 0 Å². The van der Waals surface area contributed by atoms with Gasteiger partial charge >= 0.3 is 5.97 Å². The lowest BCUT2D eigenvalue weighted by Crippen LogP contribution is -2.36. The Labute approximate surface area is 71.5 Å². The topological polar surface area (TPSA) is 63.6 Å². The van der Waals surface area contributed by atoms with Crippen molar-refractivity contribution in [2.24, 2.45) is 0 Å². The summed E-state index contributed by atoms with van der Waals surface area (Å²) in [6.45, 7) is 4.46. The van der Waals surface area contributed by atoms with Crippen molar-refractivity contribution in [3.8, 4) is 0 Å². The van der Waals surface area contributed by atoms with Gasteiger partial charge in [-0.15, -0.1) is 0 Å². The molecule has 0 fully saturated rings. The number of carbonyl (C=O) groups is 2. The summed E-state index contributed by atoms with van der Waals surface area (Å²) in [5, 5.41) is 9.34. The molecule has 0 spiro atoms. The molecule has 1 N–H and O–H groups in total. The molecule has 0 aliphatic rings. The van der Waals surface area contributed by atoms with Crippen LogP contribution < -0.4 is 0 Å². The van der Waals surface area contributed by atoms with E-state index in [2.05, 4.69) is 4.74 Å². The summed E-state index contributed by atoms with van der Waals surface area (Å²) >= 11 is 0. The molecule has 0 aromatic heterocycles. The van der Waals surface area contributed by atoms with E-state index in [9.17, 15) is 14.7 Å². The summed E-state index contributed by atoms with van der Waals surface area (Å²) in [7, 11) is 0. The summed E-state index contributed by atoms with van der Waals surface area (Å²) in [5.74, 6) is -0.992. The fourth-order valence-corrected chi connectivity index (χ4v) is 0.618. The van der Waals surface area contributed by atoms with E-state index in [4.69, 9.17) is 0 Å². The minimum absolute atomic E-state index is 0.257. The van der Waals surface area contributed by atoms with Crippen molar-refractivity contribution in [1.82, 2.24) is 0 Å². The molecule has 70 valence electrons. The van der Waals surface area contributed by atoms with Crippen LogP contribution in [-0.2, 0) is 14.3 Å². The van der Waals surface area contributed by atoms with Gasteiger partial charge in [0.1, 0.15) is 5.60 Å². The van der Waals surface area contributed by atoms with Gasteiger partial charge in [-0.25, -0.2) is 0 Å². The Kier molecular flexibility index (Phi) is 3.89. The van der Waals surface area contributed by atoms with Gasteiger partial charge in [0.05, 0.1) is 13.0 Å². The fraction of sp³-hybridized carbons (Fsp3) is 0.750. The molecule has 0 saturated heterocycles. The zero-order chi connectivity index (χ0) is 9.78. The summed E-state index contributed by atoms with van der Waals surface area (Å²) < 4.78 is 4.58. The zero-order valence-electron chi connectivity index (χ0n) is 7.59. The maximum absolute atomic E-state index is 10.8. The highest BCUT2D eigenvalue weighted by Crippen LogP contribution is 2.11. The quantitative estimate of drug-likeness (QED) is 0.622. The van der Waals surface area contributed by atoms with Crippen molar-refractivity contribution in [3.05, 3.63) is 0 Å². The minimum Gasteiger partial charge on any atom is -0.466 e. The highest BCUT2D eigenvalue weighted by molar-refractivity contribution is 5.88. The number of rotatable bonds is 4.